The number of esters is 1. The van der Waals surface area contributed by atoms with Crippen LogP contribution in [0.25, 0.3) is 0 Å². The summed E-state index contributed by atoms with van der Waals surface area (Å²) in [6, 6.07) is -1.45. The Morgan fingerprint density at radius 3 is 2.37 bits per heavy atom. The van der Waals surface area contributed by atoms with Crippen molar-refractivity contribution in [2.24, 2.45) is 11.8 Å². The van der Waals surface area contributed by atoms with Crippen molar-refractivity contribution in [3.05, 3.63) is 12.7 Å². The van der Waals surface area contributed by atoms with Crippen molar-refractivity contribution in [2.75, 3.05) is 13.2 Å². The van der Waals surface area contributed by atoms with E-state index < -0.39 is 35.3 Å². The maximum atomic E-state index is 13.8. The van der Waals surface area contributed by atoms with Gasteiger partial charge in [0.25, 0.3) is 0 Å². The largest absolute Gasteiger partial charge is 0.464 e. The van der Waals surface area contributed by atoms with Gasteiger partial charge in [0.2, 0.25) is 11.8 Å². The Kier molecular flexibility index (Phi) is 8.49. The number of ether oxygens (including phenoxy) is 2. The topological polar surface area (TPSA) is 114 Å². The monoisotopic (exact) mass is 491 g/mol. The van der Waals surface area contributed by atoms with Gasteiger partial charge in [-0.25, -0.2) is 9.59 Å². The molecule has 0 aromatic carbocycles. The zero-order valence-corrected chi connectivity index (χ0v) is 21.6. The molecule has 0 aromatic heterocycles. The Bertz CT molecular complexity index is 831. The number of hydrogen-bond acceptors (Lipinski definition) is 6. The summed E-state index contributed by atoms with van der Waals surface area (Å²) in [7, 11) is 0. The molecule has 2 saturated carbocycles. The molecule has 3 amide bonds. The van der Waals surface area contributed by atoms with Gasteiger partial charge in [-0.3, -0.25) is 9.59 Å². The summed E-state index contributed by atoms with van der Waals surface area (Å²) in [4.78, 5) is 53.9. The second kappa shape index (κ2) is 11.0. The molecule has 1 heterocycles. The van der Waals surface area contributed by atoms with Gasteiger partial charge in [0.15, 0.2) is 0 Å². The first-order chi connectivity index (χ1) is 16.5. The van der Waals surface area contributed by atoms with Crippen LogP contribution in [0.1, 0.15) is 79.1 Å². The smallest absolute Gasteiger partial charge is 0.408 e. The van der Waals surface area contributed by atoms with Gasteiger partial charge in [0.1, 0.15) is 23.2 Å². The van der Waals surface area contributed by atoms with Gasteiger partial charge in [-0.2, -0.15) is 0 Å². The Hall–Kier alpha value is -2.58. The number of carbonyl (C=O) groups is 4. The maximum Gasteiger partial charge on any atom is 0.408 e. The number of likely N-dealkylation sites (tertiary alicyclic amines) is 1. The summed E-state index contributed by atoms with van der Waals surface area (Å²) in [6.45, 7) is 11.5. The van der Waals surface area contributed by atoms with Gasteiger partial charge in [-0.15, -0.1) is 6.58 Å². The number of carbonyl (C=O) groups excluding carboxylic acids is 4. The lowest BCUT2D eigenvalue weighted by atomic mass is 9.83. The summed E-state index contributed by atoms with van der Waals surface area (Å²) in [5, 5.41) is 5.70. The first kappa shape index (κ1) is 27.0. The third-order valence-corrected chi connectivity index (χ3v) is 7.18. The molecular weight excluding hydrogens is 450 g/mol. The fourth-order valence-electron chi connectivity index (χ4n) is 5.33. The normalized spacial score (nSPS) is 27.5. The predicted octanol–water partition coefficient (Wildman–Crippen LogP) is 3.08. The maximum absolute atomic E-state index is 13.8. The third-order valence-electron chi connectivity index (χ3n) is 7.18. The van der Waals surface area contributed by atoms with E-state index in [1.54, 1.807) is 38.7 Å². The highest BCUT2D eigenvalue weighted by atomic mass is 16.6. The zero-order chi connectivity index (χ0) is 25.8. The van der Waals surface area contributed by atoms with E-state index in [0.717, 1.165) is 32.1 Å². The van der Waals surface area contributed by atoms with E-state index in [-0.39, 0.29) is 30.3 Å². The summed E-state index contributed by atoms with van der Waals surface area (Å²) in [5.41, 5.74) is -1.79. The first-order valence-electron chi connectivity index (χ1n) is 12.9. The average molecular weight is 492 g/mol. The number of rotatable bonds is 8. The fourth-order valence-corrected chi connectivity index (χ4v) is 5.33. The number of amides is 3. The Labute approximate surface area is 208 Å². The van der Waals surface area contributed by atoms with Crippen LogP contribution in [0.4, 0.5) is 4.79 Å². The second-order valence-electron chi connectivity index (χ2n) is 10.9. The van der Waals surface area contributed by atoms with Crippen molar-refractivity contribution in [2.45, 2.75) is 102 Å². The van der Waals surface area contributed by atoms with Crippen molar-refractivity contribution >= 4 is 23.9 Å². The van der Waals surface area contributed by atoms with Gasteiger partial charge >= 0.3 is 12.1 Å². The minimum atomic E-state index is -1.11. The molecule has 35 heavy (non-hydrogen) atoms. The molecule has 0 radical (unpaired) electrons. The molecule has 2 N–H and O–H groups in total. The summed E-state index contributed by atoms with van der Waals surface area (Å²) in [5.74, 6) is -1.30. The molecule has 196 valence electrons. The molecule has 0 spiro atoms. The molecule has 3 aliphatic rings. The van der Waals surface area contributed by atoms with E-state index in [9.17, 15) is 19.2 Å². The predicted molar refractivity (Wildman–Crippen MR) is 130 cm³/mol. The van der Waals surface area contributed by atoms with E-state index in [1.807, 2.05) is 0 Å². The summed E-state index contributed by atoms with van der Waals surface area (Å²) >= 11 is 0. The Morgan fingerprint density at radius 2 is 1.80 bits per heavy atom. The lowest BCUT2D eigenvalue weighted by Gasteiger charge is -2.35. The third kappa shape index (κ3) is 6.35. The second-order valence-corrected chi connectivity index (χ2v) is 10.9. The molecule has 3 fully saturated rings. The molecule has 0 bridgehead atoms. The zero-order valence-electron chi connectivity index (χ0n) is 21.6. The molecule has 2 aliphatic carbocycles. The lowest BCUT2D eigenvalue weighted by molar-refractivity contribution is -0.150. The van der Waals surface area contributed by atoms with Gasteiger partial charge < -0.3 is 25.0 Å². The van der Waals surface area contributed by atoms with Crippen LogP contribution >= 0.6 is 0 Å². The Balaban J connectivity index is 1.75. The van der Waals surface area contributed by atoms with Gasteiger partial charge in [-0.05, 0) is 65.7 Å². The van der Waals surface area contributed by atoms with Gasteiger partial charge in [0.05, 0.1) is 6.61 Å². The van der Waals surface area contributed by atoms with Crippen LogP contribution in [-0.2, 0) is 23.9 Å². The standard InChI is InChI=1S/C26H41N3O6/c1-6-18-16-26(18,23(32)34-7-2)28-21(30)19-14-11-15-29(19)22(31)20(17-12-9-8-10-13-17)27-24(33)35-25(3,4)5/h6,17-20H,1,7-16H2,2-5H3,(H,27,33)(H,28,30). The van der Waals surface area contributed by atoms with E-state index in [0.29, 0.717) is 25.8 Å². The van der Waals surface area contributed by atoms with Crippen LogP contribution in [0.3, 0.4) is 0 Å². The number of nitrogens with zero attached hydrogens (tertiary/aromatic N) is 1. The minimum absolute atomic E-state index is 0.00691. The highest BCUT2D eigenvalue weighted by Gasteiger charge is 2.61. The number of nitrogens with one attached hydrogen (secondary N) is 2. The van der Waals surface area contributed by atoms with Crippen molar-refractivity contribution in [3.8, 4) is 0 Å². The van der Waals surface area contributed by atoms with Crippen LogP contribution in [0.5, 0.6) is 0 Å². The van der Waals surface area contributed by atoms with Crippen molar-refractivity contribution in [3.63, 3.8) is 0 Å². The quantitative estimate of drug-likeness (QED) is 0.398. The number of alkyl carbamates (subject to hydrolysis) is 1. The number of hydrogen-bond donors (Lipinski definition) is 2. The van der Waals surface area contributed by atoms with Crippen molar-refractivity contribution in [1.29, 1.82) is 0 Å². The van der Waals surface area contributed by atoms with Crippen LogP contribution in [0, 0.1) is 11.8 Å². The SMILES string of the molecule is C=CC1CC1(NC(=O)C1CCCN1C(=O)C(NC(=O)OC(C)(C)C)C1CCCCC1)C(=O)OCC. The molecule has 9 nitrogen and oxygen atoms in total. The van der Waals surface area contributed by atoms with Crippen molar-refractivity contribution < 1.29 is 28.7 Å². The van der Waals surface area contributed by atoms with Gasteiger partial charge in [-0.1, -0.05) is 25.3 Å². The fraction of sp³-hybridized carbons (Fsp3) is 0.769. The van der Waals surface area contributed by atoms with Crippen LogP contribution < -0.4 is 10.6 Å². The lowest BCUT2D eigenvalue weighted by Crippen LogP contribution is -2.58. The molecule has 1 saturated heterocycles. The molecule has 4 atom stereocenters. The van der Waals surface area contributed by atoms with E-state index in [4.69, 9.17) is 9.47 Å². The molecule has 4 unspecified atom stereocenters. The first-order valence-corrected chi connectivity index (χ1v) is 12.9. The molecule has 0 aromatic rings. The Morgan fingerprint density at radius 1 is 1.11 bits per heavy atom. The average Bonchev–Trinajstić information content (AvgIpc) is 3.29. The van der Waals surface area contributed by atoms with Crippen LogP contribution in [0.15, 0.2) is 12.7 Å². The highest BCUT2D eigenvalue weighted by Crippen LogP contribution is 2.45. The van der Waals surface area contributed by atoms with Crippen molar-refractivity contribution in [1.82, 2.24) is 15.5 Å². The van der Waals surface area contributed by atoms with E-state index in [2.05, 4.69) is 17.2 Å². The van der Waals surface area contributed by atoms with E-state index in [1.165, 1.54) is 0 Å². The molecule has 9 heteroatoms. The minimum Gasteiger partial charge on any atom is -0.464 e. The van der Waals surface area contributed by atoms with Crippen LogP contribution in [0.2, 0.25) is 0 Å². The summed E-state index contributed by atoms with van der Waals surface area (Å²) in [6.07, 6.45) is 7.41. The van der Waals surface area contributed by atoms with Crippen LogP contribution in [-0.4, -0.2) is 65.2 Å². The van der Waals surface area contributed by atoms with Gasteiger partial charge in [0, 0.05) is 12.5 Å². The summed E-state index contributed by atoms with van der Waals surface area (Å²) < 4.78 is 10.6. The van der Waals surface area contributed by atoms with E-state index >= 15 is 0 Å². The molecule has 1 aliphatic heterocycles. The molecular formula is C26H41N3O6. The highest BCUT2D eigenvalue weighted by molar-refractivity contribution is 5.96. The molecule has 3 rings (SSSR count).